The number of aliphatic hydroxyl groups is 1. The number of halogens is 4. The van der Waals surface area contributed by atoms with E-state index in [9.17, 15) is 14.3 Å². The minimum atomic E-state index is -1.35. The van der Waals surface area contributed by atoms with E-state index in [1.54, 1.807) is 30.3 Å². The highest BCUT2D eigenvalue weighted by Crippen LogP contribution is 2.27. The molecule has 0 saturated heterocycles. The van der Waals surface area contributed by atoms with Gasteiger partial charge in [-0.1, -0.05) is 71.2 Å². The maximum absolute atomic E-state index is 13.6. The predicted octanol–water partition coefficient (Wildman–Crippen LogP) is 5.04. The van der Waals surface area contributed by atoms with Crippen LogP contribution in [-0.4, -0.2) is 16.8 Å². The lowest BCUT2D eigenvalue weighted by molar-refractivity contribution is -0.120. The Hall–Kier alpha value is -2.48. The van der Waals surface area contributed by atoms with Crippen molar-refractivity contribution in [2.45, 2.75) is 12.3 Å². The van der Waals surface area contributed by atoms with Crippen molar-refractivity contribution in [1.82, 2.24) is 5.32 Å². The normalized spacial score (nSPS) is 13.6. The average Bonchev–Trinajstić information content (AvgIpc) is 2.73. The van der Waals surface area contributed by atoms with E-state index in [0.29, 0.717) is 21.2 Å². The van der Waals surface area contributed by atoms with Gasteiger partial charge in [0.2, 0.25) is 0 Å². The summed E-state index contributed by atoms with van der Waals surface area (Å²) in [5.41, 5.74) is 7.12. The number of rotatable bonds is 6. The van der Waals surface area contributed by atoms with Crippen LogP contribution in [0, 0.1) is 5.82 Å². The van der Waals surface area contributed by atoms with Crippen LogP contribution in [0.25, 0.3) is 0 Å². The minimum Gasteiger partial charge on any atom is -0.383 e. The fourth-order valence-electron chi connectivity index (χ4n) is 2.85. The van der Waals surface area contributed by atoms with Crippen LogP contribution in [0.4, 0.5) is 4.39 Å². The summed E-state index contributed by atoms with van der Waals surface area (Å²) in [7, 11) is 0. The van der Waals surface area contributed by atoms with E-state index >= 15 is 0 Å². The van der Waals surface area contributed by atoms with Gasteiger partial charge in [-0.2, -0.15) is 4.99 Å². The molecule has 2 atom stereocenters. The van der Waals surface area contributed by atoms with E-state index in [-0.39, 0.29) is 16.4 Å². The summed E-state index contributed by atoms with van der Waals surface area (Å²) in [6, 6.07) is 15.8. The first kappa shape index (κ1) is 23.2. The van der Waals surface area contributed by atoms with Gasteiger partial charge in [-0.3, -0.25) is 10.1 Å². The van der Waals surface area contributed by atoms with Crippen LogP contribution >= 0.6 is 34.8 Å². The summed E-state index contributed by atoms with van der Waals surface area (Å²) in [6.07, 6.45) is -1.35. The number of aliphatic imine (C=N–C) groups is 1. The number of aliphatic hydroxyl groups excluding tert-OH is 1. The van der Waals surface area contributed by atoms with Crippen LogP contribution in [0.1, 0.15) is 29.0 Å². The molecule has 160 valence electrons. The summed E-state index contributed by atoms with van der Waals surface area (Å²) in [5, 5.41) is 13.8. The Kier molecular flexibility index (Phi) is 7.64. The second-order valence-corrected chi connectivity index (χ2v) is 7.86. The summed E-state index contributed by atoms with van der Waals surface area (Å²) in [4.78, 5) is 16.9. The molecule has 2 unspecified atom stereocenters. The maximum atomic E-state index is 13.6. The molecular weight excluding hydrogens is 464 g/mol. The quantitative estimate of drug-likeness (QED) is 0.262. The highest BCUT2D eigenvalue weighted by Gasteiger charge is 2.25. The van der Waals surface area contributed by atoms with Gasteiger partial charge in [-0.15, -0.1) is 0 Å². The van der Waals surface area contributed by atoms with Crippen molar-refractivity contribution in [2.75, 3.05) is 0 Å². The largest absolute Gasteiger partial charge is 0.383 e. The number of nitrogens with zero attached hydrogens (tertiary/aromatic N) is 1. The molecule has 4 N–H and O–H groups in total. The molecule has 0 aliphatic carbocycles. The van der Waals surface area contributed by atoms with Crippen molar-refractivity contribution in [3.63, 3.8) is 0 Å². The number of nitrogens with one attached hydrogen (secondary N) is 1. The van der Waals surface area contributed by atoms with E-state index < -0.39 is 24.0 Å². The van der Waals surface area contributed by atoms with Crippen LogP contribution in [0.2, 0.25) is 15.1 Å². The zero-order valence-corrected chi connectivity index (χ0v) is 18.2. The topological polar surface area (TPSA) is 87.7 Å². The van der Waals surface area contributed by atoms with Gasteiger partial charge in [0.15, 0.2) is 0 Å². The van der Waals surface area contributed by atoms with Gasteiger partial charge in [-0.05, 0) is 41.5 Å². The fourth-order valence-corrected chi connectivity index (χ4v) is 3.58. The summed E-state index contributed by atoms with van der Waals surface area (Å²) >= 11 is 17.9. The number of nitrogens with two attached hydrogens (primary N) is 1. The highest BCUT2D eigenvalue weighted by molar-refractivity contribution is 6.34. The number of hydrogen-bond acceptors (Lipinski definition) is 3. The van der Waals surface area contributed by atoms with Gasteiger partial charge in [-0.25, -0.2) is 4.39 Å². The van der Waals surface area contributed by atoms with Gasteiger partial charge < -0.3 is 10.8 Å². The first-order valence-electron chi connectivity index (χ1n) is 9.03. The summed E-state index contributed by atoms with van der Waals surface area (Å²) in [6.45, 7) is 0. The molecule has 9 heteroatoms. The van der Waals surface area contributed by atoms with E-state index in [2.05, 4.69) is 10.3 Å². The molecule has 0 radical (unpaired) electrons. The van der Waals surface area contributed by atoms with Crippen molar-refractivity contribution in [3.8, 4) is 0 Å². The third kappa shape index (κ3) is 6.03. The first-order valence-corrected chi connectivity index (χ1v) is 10.2. The molecule has 0 bridgehead atoms. The van der Waals surface area contributed by atoms with Gasteiger partial charge in [0.1, 0.15) is 23.9 Å². The third-order valence-corrected chi connectivity index (χ3v) is 5.08. The van der Waals surface area contributed by atoms with Gasteiger partial charge >= 0.3 is 0 Å². The Labute approximate surface area is 193 Å². The Bertz CT molecular complexity index is 1110. The lowest BCUT2D eigenvalue weighted by Gasteiger charge is -2.21. The van der Waals surface area contributed by atoms with Crippen LogP contribution in [0.3, 0.4) is 0 Å². The molecule has 1 amide bonds. The number of carbonyl (C=O) groups is 1. The van der Waals surface area contributed by atoms with Gasteiger partial charge in [0.05, 0.1) is 5.02 Å². The number of hydrogen-bond donors (Lipinski definition) is 3. The van der Waals surface area contributed by atoms with Crippen molar-refractivity contribution in [1.29, 1.82) is 0 Å². The average molecular weight is 481 g/mol. The summed E-state index contributed by atoms with van der Waals surface area (Å²) in [5.74, 6) is -1.37. The Morgan fingerprint density at radius 3 is 2.23 bits per heavy atom. The molecule has 5 nitrogen and oxygen atoms in total. The van der Waals surface area contributed by atoms with Crippen LogP contribution in [0.15, 0.2) is 71.7 Å². The van der Waals surface area contributed by atoms with Crippen molar-refractivity contribution in [3.05, 3.63) is 104 Å². The van der Waals surface area contributed by atoms with Crippen LogP contribution in [-0.2, 0) is 4.79 Å². The second-order valence-electron chi connectivity index (χ2n) is 6.58. The lowest BCUT2D eigenvalue weighted by atomic mass is 10.0. The lowest BCUT2D eigenvalue weighted by Crippen LogP contribution is -2.32. The van der Waals surface area contributed by atoms with E-state index in [1.165, 1.54) is 30.3 Å². The number of benzene rings is 3. The number of amidine groups is 1. The maximum Gasteiger partial charge on any atom is 0.269 e. The Morgan fingerprint density at radius 1 is 0.968 bits per heavy atom. The molecule has 31 heavy (non-hydrogen) atoms. The number of amides is 1. The standard InChI is InChI=1S/C22H17Cl3FN3O2/c23-15-8-14(9-16(24)11-15)21(30)28-19(13-6-7-18(26)17(25)10-13)22(31)29-20(27)12-4-2-1-3-5-12/h1-11,19,21,28,30H,(H2,27,29,31). The highest BCUT2D eigenvalue weighted by atomic mass is 35.5. The smallest absolute Gasteiger partial charge is 0.269 e. The van der Waals surface area contributed by atoms with Crippen molar-refractivity contribution in [2.24, 2.45) is 10.7 Å². The van der Waals surface area contributed by atoms with Gasteiger partial charge in [0, 0.05) is 15.6 Å². The van der Waals surface area contributed by atoms with E-state index in [0.717, 1.165) is 6.07 Å². The Morgan fingerprint density at radius 2 is 1.61 bits per heavy atom. The molecule has 0 saturated carbocycles. The zero-order valence-electron chi connectivity index (χ0n) is 15.9. The first-order chi connectivity index (χ1) is 14.7. The third-order valence-electron chi connectivity index (χ3n) is 4.35. The molecule has 0 aliphatic heterocycles. The monoisotopic (exact) mass is 479 g/mol. The molecule has 0 aliphatic rings. The molecule has 0 fully saturated rings. The van der Waals surface area contributed by atoms with Crippen molar-refractivity contribution < 1.29 is 14.3 Å². The SMILES string of the molecule is NC(=NC(=O)C(NC(O)c1cc(Cl)cc(Cl)c1)c1ccc(F)c(Cl)c1)c1ccccc1. The summed E-state index contributed by atoms with van der Waals surface area (Å²) < 4.78 is 13.6. The van der Waals surface area contributed by atoms with Gasteiger partial charge in [0.25, 0.3) is 5.91 Å². The molecule has 3 aromatic rings. The molecule has 0 heterocycles. The van der Waals surface area contributed by atoms with Crippen LogP contribution in [0.5, 0.6) is 0 Å². The number of carbonyl (C=O) groups excluding carboxylic acids is 1. The molecule has 3 rings (SSSR count). The predicted molar refractivity (Wildman–Crippen MR) is 121 cm³/mol. The molecule has 3 aromatic carbocycles. The van der Waals surface area contributed by atoms with E-state index in [4.69, 9.17) is 40.5 Å². The second kappa shape index (κ2) is 10.2. The van der Waals surface area contributed by atoms with E-state index in [1.807, 2.05) is 0 Å². The molecule has 0 aromatic heterocycles. The fraction of sp³-hybridized carbons (Fsp3) is 0.0909. The molecular formula is C22H17Cl3FN3O2. The molecule has 0 spiro atoms. The van der Waals surface area contributed by atoms with Crippen molar-refractivity contribution >= 4 is 46.5 Å². The Balaban J connectivity index is 1.96. The minimum absolute atomic E-state index is 0.00843. The van der Waals surface area contributed by atoms with Crippen LogP contribution < -0.4 is 11.1 Å². The zero-order chi connectivity index (χ0) is 22.5.